The van der Waals surface area contributed by atoms with Gasteiger partial charge in [-0.1, -0.05) is 28.1 Å². The van der Waals surface area contributed by atoms with Crippen LogP contribution in [0.4, 0.5) is 0 Å². The van der Waals surface area contributed by atoms with E-state index in [-0.39, 0.29) is 11.4 Å². The lowest BCUT2D eigenvalue weighted by molar-refractivity contribution is 0.0590. The van der Waals surface area contributed by atoms with Crippen molar-refractivity contribution in [3.8, 4) is 17.0 Å². The van der Waals surface area contributed by atoms with Crippen molar-refractivity contribution in [2.45, 2.75) is 6.92 Å². The number of carbonyl (C=O) groups is 1. The number of ether oxygens (including phenoxy) is 1. The molecule has 0 aliphatic carbocycles. The summed E-state index contributed by atoms with van der Waals surface area (Å²) in [6, 6.07) is 11.3. The predicted octanol–water partition coefficient (Wildman–Crippen LogP) is 3.86. The van der Waals surface area contributed by atoms with E-state index in [9.17, 15) is 9.90 Å². The number of pyridine rings is 2. The van der Waals surface area contributed by atoms with E-state index in [0.717, 1.165) is 15.7 Å². The molecule has 3 aromatic rings. The number of esters is 1. The van der Waals surface area contributed by atoms with Crippen LogP contribution in [0.1, 0.15) is 16.2 Å². The van der Waals surface area contributed by atoms with Crippen LogP contribution < -0.4 is 0 Å². The first-order valence-electron chi connectivity index (χ1n) is 6.86. The number of aromatic nitrogens is 2. The second kappa shape index (κ2) is 5.96. The highest BCUT2D eigenvalue weighted by Gasteiger charge is 2.19. The molecule has 0 unspecified atom stereocenters. The van der Waals surface area contributed by atoms with Gasteiger partial charge in [0.05, 0.1) is 24.0 Å². The van der Waals surface area contributed by atoms with Crippen molar-refractivity contribution in [3.63, 3.8) is 0 Å². The van der Waals surface area contributed by atoms with Crippen LogP contribution in [0, 0.1) is 6.92 Å². The molecule has 0 amide bonds. The standard InChI is InChI=1S/C17H13BrN2O3/c1-9-14-12(16(21)15(19-9)17(22)23-2)6-7-13(20-14)10-4-3-5-11(18)8-10/h3-8,21H,1-2H3. The summed E-state index contributed by atoms with van der Waals surface area (Å²) >= 11 is 3.44. The Morgan fingerprint density at radius 2 is 2.00 bits per heavy atom. The normalized spacial score (nSPS) is 10.7. The Labute approximate surface area is 141 Å². The molecule has 0 radical (unpaired) electrons. The van der Waals surface area contributed by atoms with Crippen LogP contribution >= 0.6 is 15.9 Å². The fraction of sp³-hybridized carbons (Fsp3) is 0.118. The largest absolute Gasteiger partial charge is 0.505 e. The van der Waals surface area contributed by atoms with Crippen LogP contribution in [0.25, 0.3) is 22.2 Å². The van der Waals surface area contributed by atoms with E-state index in [1.54, 1.807) is 19.1 Å². The Hall–Kier alpha value is -2.47. The van der Waals surface area contributed by atoms with Crippen molar-refractivity contribution in [1.29, 1.82) is 0 Å². The van der Waals surface area contributed by atoms with Gasteiger partial charge in [-0.2, -0.15) is 0 Å². The monoisotopic (exact) mass is 372 g/mol. The van der Waals surface area contributed by atoms with Gasteiger partial charge in [0.2, 0.25) is 0 Å². The zero-order valence-electron chi connectivity index (χ0n) is 12.5. The van der Waals surface area contributed by atoms with Gasteiger partial charge in [-0.25, -0.2) is 14.8 Å². The van der Waals surface area contributed by atoms with Gasteiger partial charge in [0.25, 0.3) is 0 Å². The first kappa shape index (κ1) is 15.4. The molecule has 116 valence electrons. The molecule has 2 heterocycles. The van der Waals surface area contributed by atoms with Crippen LogP contribution in [-0.4, -0.2) is 28.2 Å². The van der Waals surface area contributed by atoms with Crippen molar-refractivity contribution < 1.29 is 14.6 Å². The highest BCUT2D eigenvalue weighted by molar-refractivity contribution is 9.10. The second-order valence-corrected chi connectivity index (χ2v) is 5.90. The summed E-state index contributed by atoms with van der Waals surface area (Å²) in [5.41, 5.74) is 2.70. The summed E-state index contributed by atoms with van der Waals surface area (Å²) in [5.74, 6) is -0.894. The molecule has 5 nitrogen and oxygen atoms in total. The van der Waals surface area contributed by atoms with E-state index in [1.807, 2.05) is 24.3 Å². The first-order valence-corrected chi connectivity index (χ1v) is 7.65. The van der Waals surface area contributed by atoms with Gasteiger partial charge in [0, 0.05) is 15.4 Å². The van der Waals surface area contributed by atoms with Crippen LogP contribution in [0.2, 0.25) is 0 Å². The number of aryl methyl sites for hydroxylation is 1. The smallest absolute Gasteiger partial charge is 0.360 e. The summed E-state index contributed by atoms with van der Waals surface area (Å²) in [6.45, 7) is 1.74. The van der Waals surface area contributed by atoms with Crippen LogP contribution in [0.3, 0.4) is 0 Å². The highest BCUT2D eigenvalue weighted by atomic mass is 79.9. The maximum atomic E-state index is 11.7. The fourth-order valence-electron chi connectivity index (χ4n) is 2.37. The Kier molecular flexibility index (Phi) is 4.00. The molecule has 6 heteroatoms. The van der Waals surface area contributed by atoms with Crippen LogP contribution in [-0.2, 0) is 4.74 Å². The zero-order chi connectivity index (χ0) is 16.6. The molecule has 0 bridgehead atoms. The van der Waals surface area contributed by atoms with Gasteiger partial charge in [-0.15, -0.1) is 0 Å². The number of methoxy groups -OCH3 is 1. The lowest BCUT2D eigenvalue weighted by atomic mass is 10.1. The third-order valence-electron chi connectivity index (χ3n) is 3.50. The van der Waals surface area contributed by atoms with Gasteiger partial charge < -0.3 is 9.84 Å². The summed E-state index contributed by atoms with van der Waals surface area (Å²) in [6.07, 6.45) is 0. The molecule has 3 rings (SSSR count). The number of carbonyl (C=O) groups excluding carboxylic acids is 1. The lowest BCUT2D eigenvalue weighted by Gasteiger charge is -2.10. The van der Waals surface area contributed by atoms with Gasteiger partial charge in [0.15, 0.2) is 11.4 Å². The SMILES string of the molecule is COC(=O)c1nc(C)c2nc(-c3cccc(Br)c3)ccc2c1O. The van der Waals surface area contributed by atoms with Gasteiger partial charge >= 0.3 is 5.97 Å². The minimum absolute atomic E-state index is 0.102. The van der Waals surface area contributed by atoms with Crippen LogP contribution in [0.5, 0.6) is 5.75 Å². The van der Waals surface area contributed by atoms with Crippen molar-refractivity contribution in [3.05, 3.63) is 52.3 Å². The third kappa shape index (κ3) is 2.77. The van der Waals surface area contributed by atoms with Gasteiger partial charge in [0.1, 0.15) is 0 Å². The maximum Gasteiger partial charge on any atom is 0.360 e. The van der Waals surface area contributed by atoms with Crippen molar-refractivity contribution >= 4 is 32.8 Å². The van der Waals surface area contributed by atoms with E-state index in [1.165, 1.54) is 7.11 Å². The van der Waals surface area contributed by atoms with E-state index < -0.39 is 5.97 Å². The summed E-state index contributed by atoms with van der Waals surface area (Å²) in [7, 11) is 1.25. The molecule has 0 saturated heterocycles. The molecule has 1 aromatic carbocycles. The molecule has 2 aromatic heterocycles. The number of rotatable bonds is 2. The number of halogens is 1. The van der Waals surface area contributed by atoms with Crippen LogP contribution in [0.15, 0.2) is 40.9 Å². The molecular weight excluding hydrogens is 360 g/mol. The molecule has 0 fully saturated rings. The van der Waals surface area contributed by atoms with Crippen molar-refractivity contribution in [1.82, 2.24) is 9.97 Å². The number of aromatic hydroxyl groups is 1. The van der Waals surface area contributed by atoms with Crippen molar-refractivity contribution in [2.24, 2.45) is 0 Å². The highest BCUT2D eigenvalue weighted by Crippen LogP contribution is 2.31. The summed E-state index contributed by atoms with van der Waals surface area (Å²) in [4.78, 5) is 20.4. The minimum atomic E-state index is -0.677. The lowest BCUT2D eigenvalue weighted by Crippen LogP contribution is -2.07. The number of hydrogen-bond acceptors (Lipinski definition) is 5. The molecule has 0 atom stereocenters. The van der Waals surface area contributed by atoms with E-state index >= 15 is 0 Å². The average molecular weight is 373 g/mol. The molecule has 1 N–H and O–H groups in total. The number of hydrogen-bond donors (Lipinski definition) is 1. The third-order valence-corrected chi connectivity index (χ3v) is 3.99. The quantitative estimate of drug-likeness (QED) is 0.691. The van der Waals surface area contributed by atoms with Gasteiger partial charge in [-0.3, -0.25) is 0 Å². The summed E-state index contributed by atoms with van der Waals surface area (Å²) < 4.78 is 5.59. The van der Waals surface area contributed by atoms with Gasteiger partial charge in [-0.05, 0) is 31.2 Å². The molecule has 23 heavy (non-hydrogen) atoms. The molecule has 0 aliphatic heterocycles. The molecular formula is C17H13BrN2O3. The molecule has 0 aliphatic rings. The Morgan fingerprint density at radius 1 is 1.22 bits per heavy atom. The predicted molar refractivity (Wildman–Crippen MR) is 90.4 cm³/mol. The number of benzene rings is 1. The van der Waals surface area contributed by atoms with E-state index in [0.29, 0.717) is 16.6 Å². The minimum Gasteiger partial charge on any atom is -0.505 e. The Morgan fingerprint density at radius 3 is 2.70 bits per heavy atom. The average Bonchev–Trinajstić information content (AvgIpc) is 2.57. The van der Waals surface area contributed by atoms with Crippen molar-refractivity contribution in [2.75, 3.05) is 7.11 Å². The topological polar surface area (TPSA) is 72.3 Å². The van der Waals surface area contributed by atoms with E-state index in [4.69, 9.17) is 0 Å². The summed E-state index contributed by atoms with van der Waals surface area (Å²) in [5, 5.41) is 10.7. The fourth-order valence-corrected chi connectivity index (χ4v) is 2.77. The Bertz CT molecular complexity index is 925. The number of fused-ring (bicyclic) bond motifs is 1. The number of nitrogens with zero attached hydrogens (tertiary/aromatic N) is 2. The zero-order valence-corrected chi connectivity index (χ0v) is 14.1. The Balaban J connectivity index is 2.22. The molecule has 0 spiro atoms. The first-order chi connectivity index (χ1) is 11.0. The van der Waals surface area contributed by atoms with E-state index in [2.05, 4.69) is 30.6 Å². The maximum absolute atomic E-state index is 11.7. The molecule has 0 saturated carbocycles. The second-order valence-electron chi connectivity index (χ2n) is 4.99.